The van der Waals surface area contributed by atoms with Crippen molar-refractivity contribution in [2.45, 2.75) is 20.8 Å². The Hall–Kier alpha value is -1.27. The molecule has 0 rings (SSSR count). The maximum absolute atomic E-state index is 7.50. The van der Waals surface area contributed by atoms with Gasteiger partial charge in [-0.2, -0.15) is 0 Å². The van der Waals surface area contributed by atoms with Gasteiger partial charge in [0.1, 0.15) is 0 Å². The van der Waals surface area contributed by atoms with E-state index in [2.05, 4.69) is 58.6 Å². The Bertz CT molecular complexity index is 271. The molecule has 0 N–H and O–H groups in total. The van der Waals surface area contributed by atoms with Gasteiger partial charge in [-0.15, -0.1) is 0 Å². The van der Waals surface area contributed by atoms with Crippen LogP contribution in [0.2, 0.25) is 0 Å². The molecule has 0 bridgehead atoms. The van der Waals surface area contributed by atoms with Gasteiger partial charge >= 0.3 is 56.5 Å². The van der Waals surface area contributed by atoms with E-state index >= 15 is 0 Å². The minimum absolute atomic E-state index is 0. The SMILES string of the molecule is CCO[C]/C=C(\C(C)C)N(C)C.[C-]#[O+].[C-]#[O+].[C-]#[O+].[C-]#[O+].[C-]#[O+].[Cr]. The largest absolute Gasteiger partial charge is 0 e. The van der Waals surface area contributed by atoms with Crippen molar-refractivity contribution in [2.75, 3.05) is 20.7 Å². The minimum Gasteiger partial charge on any atom is 0 e. The number of nitrogens with zero attached hydrogens (tertiary/aromatic N) is 1. The van der Waals surface area contributed by atoms with Gasteiger partial charge in [-0.1, -0.05) is 13.8 Å². The quantitative estimate of drug-likeness (QED) is 0.423. The zero-order valence-electron chi connectivity index (χ0n) is 13.7. The summed E-state index contributed by atoms with van der Waals surface area (Å²) in [7, 11) is 4.05. The van der Waals surface area contributed by atoms with Crippen LogP contribution in [0.25, 0.3) is 0 Å². The van der Waals surface area contributed by atoms with Crippen LogP contribution in [0.15, 0.2) is 11.8 Å². The number of rotatable bonds is 5. The third-order valence-electron chi connectivity index (χ3n) is 1.54. The molecular weight excluding hydrogens is 342 g/mol. The second-order valence-electron chi connectivity index (χ2n) is 3.17. The van der Waals surface area contributed by atoms with E-state index in [0.29, 0.717) is 12.5 Å². The second-order valence-corrected chi connectivity index (χ2v) is 3.17. The molecule has 0 aliphatic carbocycles. The van der Waals surface area contributed by atoms with Gasteiger partial charge in [0.25, 0.3) is 0 Å². The van der Waals surface area contributed by atoms with Gasteiger partial charge in [0.05, 0.1) is 0 Å². The molecule has 0 heterocycles. The Balaban J connectivity index is -0.0000000396. The van der Waals surface area contributed by atoms with E-state index in [1.807, 2.05) is 27.1 Å². The van der Waals surface area contributed by atoms with Gasteiger partial charge in [0.2, 0.25) is 0 Å². The molecular formula is C15H19CrNO6. The molecule has 0 aromatic heterocycles. The van der Waals surface area contributed by atoms with Crippen LogP contribution < -0.4 is 0 Å². The summed E-state index contributed by atoms with van der Waals surface area (Å²) in [5.41, 5.74) is 1.23. The molecule has 8 heteroatoms. The first-order chi connectivity index (χ1) is 10.6. The molecule has 2 radical (unpaired) electrons. The summed E-state index contributed by atoms with van der Waals surface area (Å²) in [6.07, 6.45) is 1.90. The van der Waals surface area contributed by atoms with Crippen LogP contribution in [0.1, 0.15) is 20.8 Å². The Kier molecular flexibility index (Phi) is 110. The predicted octanol–water partition coefficient (Wildman–Crippen LogP) is 1.97. The van der Waals surface area contributed by atoms with Crippen LogP contribution in [0.3, 0.4) is 0 Å². The molecule has 0 amide bonds. The summed E-state index contributed by atoms with van der Waals surface area (Å²) in [5, 5.41) is 0. The molecule has 0 atom stereocenters. The summed E-state index contributed by atoms with van der Waals surface area (Å²) < 4.78 is 42.5. The zero-order chi connectivity index (χ0) is 19.6. The first-order valence-corrected chi connectivity index (χ1v) is 5.36. The first kappa shape index (κ1) is 43.0. The Morgan fingerprint density at radius 2 is 1.26 bits per heavy atom. The van der Waals surface area contributed by atoms with Crippen LogP contribution in [-0.2, 0) is 45.4 Å². The summed E-state index contributed by atoms with van der Waals surface area (Å²) in [6.45, 7) is 32.2. The predicted molar refractivity (Wildman–Crippen MR) is 71.1 cm³/mol. The molecule has 0 aliphatic heterocycles. The number of ether oxygens (including phenoxy) is 1. The zero-order valence-corrected chi connectivity index (χ0v) is 14.9. The summed E-state index contributed by atoms with van der Waals surface area (Å²) in [5.74, 6) is 0.507. The van der Waals surface area contributed by atoms with Gasteiger partial charge < -0.3 is 9.64 Å². The maximum atomic E-state index is 7.50. The molecule has 0 aromatic carbocycles. The van der Waals surface area contributed by atoms with Crippen LogP contribution in [0, 0.1) is 45.8 Å². The molecule has 0 aliphatic rings. The van der Waals surface area contributed by atoms with Gasteiger partial charge in [0, 0.05) is 43.8 Å². The van der Waals surface area contributed by atoms with Crippen molar-refractivity contribution < 1.29 is 45.4 Å². The van der Waals surface area contributed by atoms with E-state index in [9.17, 15) is 0 Å². The van der Waals surface area contributed by atoms with Crippen molar-refractivity contribution in [3.63, 3.8) is 0 Å². The van der Waals surface area contributed by atoms with E-state index in [1.165, 1.54) is 5.70 Å². The topological polar surface area (TPSA) is 112 Å². The second kappa shape index (κ2) is 58.6. The Labute approximate surface area is 149 Å². The van der Waals surface area contributed by atoms with Crippen molar-refractivity contribution >= 4 is 0 Å². The average Bonchev–Trinajstić information content (AvgIpc) is 2.60. The van der Waals surface area contributed by atoms with E-state index in [0.717, 1.165) is 0 Å². The Morgan fingerprint density at radius 3 is 1.43 bits per heavy atom. The first-order valence-electron chi connectivity index (χ1n) is 5.36. The van der Waals surface area contributed by atoms with Crippen molar-refractivity contribution in [3.8, 4) is 0 Å². The molecule has 126 valence electrons. The van der Waals surface area contributed by atoms with Gasteiger partial charge in [0.15, 0.2) is 6.61 Å². The summed E-state index contributed by atoms with van der Waals surface area (Å²) in [4.78, 5) is 2.08. The maximum Gasteiger partial charge on any atom is 0 e. The minimum atomic E-state index is 0. The monoisotopic (exact) mass is 361 g/mol. The smallest absolute Gasteiger partial charge is 0 e. The van der Waals surface area contributed by atoms with E-state index in [-0.39, 0.29) is 17.4 Å². The normalized spacial score (nSPS) is 6.87. The average molecular weight is 361 g/mol. The van der Waals surface area contributed by atoms with Crippen molar-refractivity contribution in [1.29, 1.82) is 0 Å². The molecule has 23 heavy (non-hydrogen) atoms. The number of hydrogen-bond donors (Lipinski definition) is 0. The van der Waals surface area contributed by atoms with Crippen LogP contribution in [-0.4, -0.2) is 25.6 Å². The van der Waals surface area contributed by atoms with Gasteiger partial charge in [-0.3, -0.25) is 0 Å². The van der Waals surface area contributed by atoms with Crippen LogP contribution >= 0.6 is 0 Å². The van der Waals surface area contributed by atoms with Crippen molar-refractivity contribution in [1.82, 2.24) is 4.90 Å². The summed E-state index contributed by atoms with van der Waals surface area (Å²) >= 11 is 0. The van der Waals surface area contributed by atoms with Crippen molar-refractivity contribution in [3.05, 3.63) is 51.6 Å². The van der Waals surface area contributed by atoms with Gasteiger partial charge in [-0.25, -0.2) is 0 Å². The fourth-order valence-corrected chi connectivity index (χ4v) is 0.998. The van der Waals surface area contributed by atoms with E-state index in [4.69, 9.17) is 28.0 Å². The fraction of sp³-hybridized carbons (Fsp3) is 0.467. The fourth-order valence-electron chi connectivity index (χ4n) is 0.998. The van der Waals surface area contributed by atoms with E-state index < -0.39 is 0 Å². The molecule has 0 unspecified atom stereocenters. The molecule has 0 spiro atoms. The van der Waals surface area contributed by atoms with Crippen LogP contribution in [0.5, 0.6) is 0 Å². The third kappa shape index (κ3) is 52.9. The van der Waals surface area contributed by atoms with Crippen LogP contribution in [0.4, 0.5) is 0 Å². The van der Waals surface area contributed by atoms with E-state index in [1.54, 1.807) is 0 Å². The third-order valence-corrected chi connectivity index (χ3v) is 1.54. The molecule has 0 fully saturated rings. The molecule has 0 aromatic rings. The number of allylic oxidation sites excluding steroid dienone is 1. The number of hydrogen-bond acceptors (Lipinski definition) is 2. The molecule has 7 nitrogen and oxygen atoms in total. The standard InChI is InChI=1S/C10H19NO.5CO.Cr/c1-6-12-8-7-10(9(2)3)11(4)5;5*1-2;/h7,9H,6H2,1-5H3;;;;;;/b10-7+;;;;;;. The van der Waals surface area contributed by atoms with Crippen molar-refractivity contribution in [2.24, 2.45) is 5.92 Å². The molecule has 0 saturated heterocycles. The molecule has 0 saturated carbocycles. The van der Waals surface area contributed by atoms with Gasteiger partial charge in [-0.05, 0) is 18.9 Å². The Morgan fingerprint density at radius 1 is 0.957 bits per heavy atom. The summed E-state index contributed by atoms with van der Waals surface area (Å²) in [6, 6.07) is 0.